The van der Waals surface area contributed by atoms with Crippen molar-refractivity contribution in [3.05, 3.63) is 170 Å². The third-order valence-electron chi connectivity index (χ3n) is 11.7. The largest absolute Gasteiger partial charge is 0.456 e. The highest BCUT2D eigenvalue weighted by molar-refractivity contribution is 7.26. The topological polar surface area (TPSA) is 26.3 Å². The van der Waals surface area contributed by atoms with Gasteiger partial charge in [-0.25, -0.2) is 0 Å². The molecule has 0 saturated carbocycles. The Morgan fingerprint density at radius 1 is 0.321 bits per heavy atom. The molecule has 0 unspecified atom stereocenters. The van der Waals surface area contributed by atoms with Gasteiger partial charge in [-0.1, -0.05) is 115 Å². The molecule has 0 spiro atoms. The van der Waals surface area contributed by atoms with E-state index in [9.17, 15) is 0 Å². The number of thiophene rings is 2. The molecule has 260 valence electrons. The highest BCUT2D eigenvalue weighted by Crippen LogP contribution is 2.48. The van der Waals surface area contributed by atoms with Crippen LogP contribution in [0.5, 0.6) is 0 Å². The van der Waals surface area contributed by atoms with Gasteiger partial charge in [-0.3, -0.25) is 0 Å². The Labute approximate surface area is 328 Å². The van der Waals surface area contributed by atoms with Crippen LogP contribution in [0.1, 0.15) is 0 Å². The summed E-state index contributed by atoms with van der Waals surface area (Å²) in [5, 5.41) is 13.4. The first kappa shape index (κ1) is 30.6. The zero-order valence-electron chi connectivity index (χ0n) is 29.8. The molecule has 0 fully saturated rings. The van der Waals surface area contributed by atoms with Gasteiger partial charge in [0.15, 0.2) is 0 Å². The molecule has 13 aromatic rings. The van der Waals surface area contributed by atoms with Crippen LogP contribution in [0.2, 0.25) is 0 Å². The Kier molecular flexibility index (Phi) is 6.23. The maximum Gasteiger partial charge on any atom is 0.147 e. The number of fused-ring (bicyclic) bond motifs is 13. The second-order valence-corrected chi connectivity index (χ2v) is 16.9. The summed E-state index contributed by atoms with van der Waals surface area (Å²) < 4.78 is 16.8. The normalized spacial score (nSPS) is 12.3. The SMILES string of the molecule is c1ccc2c(c1)oc1ccc3c4ccc(-c5ccc(-c6c7ccccc7c(-c7cc8cc9sc%10ccccc%10c9cc8s7)c7ccccc67)cc5)cc4oc3c12. The number of furan rings is 2. The van der Waals surface area contributed by atoms with Gasteiger partial charge in [-0.2, -0.15) is 0 Å². The van der Waals surface area contributed by atoms with Crippen molar-refractivity contribution in [2.24, 2.45) is 0 Å². The number of hydrogen-bond acceptors (Lipinski definition) is 4. The molecule has 0 aliphatic heterocycles. The van der Waals surface area contributed by atoms with E-state index < -0.39 is 0 Å². The molecule has 13 rings (SSSR count). The molecule has 0 saturated heterocycles. The zero-order valence-corrected chi connectivity index (χ0v) is 31.4. The maximum absolute atomic E-state index is 6.62. The zero-order chi connectivity index (χ0) is 36.5. The van der Waals surface area contributed by atoms with Gasteiger partial charge >= 0.3 is 0 Å². The maximum atomic E-state index is 6.62. The fraction of sp³-hybridized carbons (Fsp3) is 0. The summed E-state index contributed by atoms with van der Waals surface area (Å²) in [6, 6.07) is 61.8. The highest BCUT2D eigenvalue weighted by Gasteiger charge is 2.20. The Morgan fingerprint density at radius 3 is 1.75 bits per heavy atom. The van der Waals surface area contributed by atoms with E-state index in [0.717, 1.165) is 55.0 Å². The number of rotatable bonds is 3. The second-order valence-electron chi connectivity index (χ2n) is 14.7. The average molecular weight is 749 g/mol. The molecule has 0 aliphatic carbocycles. The minimum Gasteiger partial charge on any atom is -0.456 e. The van der Waals surface area contributed by atoms with Gasteiger partial charge in [0.05, 0.1) is 5.39 Å². The molecule has 0 radical (unpaired) electrons. The Morgan fingerprint density at radius 2 is 0.964 bits per heavy atom. The van der Waals surface area contributed by atoms with E-state index in [1.807, 2.05) is 34.8 Å². The Bertz CT molecular complexity index is 3700. The molecular weight excluding hydrogens is 721 g/mol. The summed E-state index contributed by atoms with van der Waals surface area (Å²) in [5.41, 5.74) is 9.53. The predicted octanol–water partition coefficient (Wildman–Crippen LogP) is 16.4. The van der Waals surface area contributed by atoms with E-state index in [1.165, 1.54) is 73.4 Å². The van der Waals surface area contributed by atoms with Crippen LogP contribution in [-0.4, -0.2) is 0 Å². The Hall–Kier alpha value is -6.72. The first-order valence-electron chi connectivity index (χ1n) is 18.9. The lowest BCUT2D eigenvalue weighted by molar-refractivity contribution is 0.663. The smallest absolute Gasteiger partial charge is 0.147 e. The summed E-state index contributed by atoms with van der Waals surface area (Å²) in [7, 11) is 0. The summed E-state index contributed by atoms with van der Waals surface area (Å²) in [6.45, 7) is 0. The van der Waals surface area contributed by atoms with E-state index in [0.29, 0.717) is 0 Å². The monoisotopic (exact) mass is 748 g/mol. The van der Waals surface area contributed by atoms with Crippen LogP contribution in [0.25, 0.3) is 128 Å². The van der Waals surface area contributed by atoms with E-state index in [4.69, 9.17) is 8.83 Å². The molecule has 4 aromatic heterocycles. The third kappa shape index (κ3) is 4.31. The van der Waals surface area contributed by atoms with Gasteiger partial charge in [-0.15, -0.1) is 22.7 Å². The second kappa shape index (κ2) is 11.4. The average Bonchev–Trinajstić information content (AvgIpc) is 4.02. The van der Waals surface area contributed by atoms with E-state index >= 15 is 0 Å². The molecule has 0 aliphatic rings. The molecule has 2 nitrogen and oxygen atoms in total. The molecular formula is C52H28O2S2. The van der Waals surface area contributed by atoms with E-state index in [1.54, 1.807) is 0 Å². The number of benzene rings is 9. The van der Waals surface area contributed by atoms with Crippen molar-refractivity contribution in [2.45, 2.75) is 0 Å². The molecule has 0 amide bonds. The van der Waals surface area contributed by atoms with Crippen molar-refractivity contribution >= 4 is 118 Å². The molecule has 4 heteroatoms. The fourth-order valence-corrected chi connectivity index (χ4v) is 11.4. The molecule has 4 heterocycles. The van der Waals surface area contributed by atoms with Gasteiger partial charge in [0, 0.05) is 51.5 Å². The van der Waals surface area contributed by atoms with Crippen molar-refractivity contribution in [1.29, 1.82) is 0 Å². The standard InChI is InChI=1S/C52H28O2S2/c1-3-12-37-35(10-1)49(36-11-2-4-13-38(36)50(37)48-27-32-26-47-41(28-46(32)56-48)34-9-6-8-16-45(34)55-47)30-19-17-29(18-20-30)31-21-22-33-39-23-24-43-51(52(39)54-44(33)25-31)40-14-5-7-15-42(40)53-43/h1-28H. The van der Waals surface area contributed by atoms with Crippen LogP contribution in [0.3, 0.4) is 0 Å². The number of para-hydroxylation sites is 1. The lowest BCUT2D eigenvalue weighted by Gasteiger charge is -2.17. The fourth-order valence-electron chi connectivity index (χ4n) is 9.14. The quantitative estimate of drug-likeness (QED) is 0.168. The number of hydrogen-bond donors (Lipinski definition) is 0. The summed E-state index contributed by atoms with van der Waals surface area (Å²) in [6.07, 6.45) is 0. The van der Waals surface area contributed by atoms with Crippen molar-refractivity contribution in [3.63, 3.8) is 0 Å². The van der Waals surface area contributed by atoms with Crippen molar-refractivity contribution in [2.75, 3.05) is 0 Å². The van der Waals surface area contributed by atoms with E-state index in [-0.39, 0.29) is 0 Å². The Balaban J connectivity index is 0.940. The summed E-state index contributed by atoms with van der Waals surface area (Å²) in [4.78, 5) is 1.30. The first-order chi connectivity index (χ1) is 27.7. The highest BCUT2D eigenvalue weighted by atomic mass is 32.1. The lowest BCUT2D eigenvalue weighted by atomic mass is 9.87. The van der Waals surface area contributed by atoms with Crippen LogP contribution in [0.15, 0.2) is 179 Å². The van der Waals surface area contributed by atoms with Crippen LogP contribution in [0, 0.1) is 0 Å². The van der Waals surface area contributed by atoms with Crippen LogP contribution in [0.4, 0.5) is 0 Å². The van der Waals surface area contributed by atoms with Crippen molar-refractivity contribution in [3.8, 4) is 32.7 Å². The van der Waals surface area contributed by atoms with Gasteiger partial charge in [-0.05, 0) is 104 Å². The van der Waals surface area contributed by atoms with Gasteiger partial charge in [0.1, 0.15) is 22.3 Å². The van der Waals surface area contributed by atoms with Gasteiger partial charge in [0.25, 0.3) is 0 Å². The minimum atomic E-state index is 0.846. The molecule has 0 N–H and O–H groups in total. The minimum absolute atomic E-state index is 0.846. The first-order valence-corrected chi connectivity index (χ1v) is 20.5. The third-order valence-corrected chi connectivity index (χ3v) is 13.9. The molecule has 0 atom stereocenters. The summed E-state index contributed by atoms with van der Waals surface area (Å²) in [5.74, 6) is 0. The van der Waals surface area contributed by atoms with E-state index in [2.05, 4.69) is 158 Å². The van der Waals surface area contributed by atoms with Crippen LogP contribution < -0.4 is 0 Å². The van der Waals surface area contributed by atoms with Crippen LogP contribution in [-0.2, 0) is 0 Å². The summed E-state index contributed by atoms with van der Waals surface area (Å²) >= 11 is 3.79. The lowest BCUT2D eigenvalue weighted by Crippen LogP contribution is -1.89. The molecule has 0 bridgehead atoms. The molecule has 9 aromatic carbocycles. The van der Waals surface area contributed by atoms with Crippen LogP contribution >= 0.6 is 22.7 Å². The van der Waals surface area contributed by atoms with Gasteiger partial charge < -0.3 is 8.83 Å². The van der Waals surface area contributed by atoms with Gasteiger partial charge in [0.2, 0.25) is 0 Å². The van der Waals surface area contributed by atoms with Crippen molar-refractivity contribution in [1.82, 2.24) is 0 Å². The molecule has 56 heavy (non-hydrogen) atoms. The predicted molar refractivity (Wildman–Crippen MR) is 241 cm³/mol. The van der Waals surface area contributed by atoms with Crippen molar-refractivity contribution < 1.29 is 8.83 Å².